The normalized spacial score (nSPS) is 29.9. The van der Waals surface area contributed by atoms with Crippen molar-refractivity contribution < 1.29 is 46.3 Å². The Morgan fingerprint density at radius 2 is 1.69 bits per heavy atom. The summed E-state index contributed by atoms with van der Waals surface area (Å²) >= 11 is 0. The average molecular weight is 773 g/mol. The molecule has 2 saturated heterocycles. The van der Waals surface area contributed by atoms with E-state index in [1.165, 1.54) is 20.2 Å². The molecule has 54 heavy (non-hydrogen) atoms. The summed E-state index contributed by atoms with van der Waals surface area (Å²) in [6.45, 7) is 0.521. The van der Waals surface area contributed by atoms with E-state index in [1.54, 1.807) is 12.1 Å². The molecule has 4 aliphatic heterocycles. The highest BCUT2D eigenvalue weighted by Gasteiger charge is 2.62. The minimum absolute atomic E-state index is 0.00208. The molecule has 7 rings (SSSR count). The molecule has 6 aliphatic rings. The van der Waals surface area contributed by atoms with E-state index in [0.29, 0.717) is 36.8 Å². The van der Waals surface area contributed by atoms with Crippen molar-refractivity contribution in [3.8, 4) is 0 Å². The van der Waals surface area contributed by atoms with Crippen molar-refractivity contribution in [2.24, 2.45) is 5.92 Å². The van der Waals surface area contributed by atoms with Crippen LogP contribution in [0.2, 0.25) is 0 Å². The number of fused-ring (bicyclic) bond motifs is 3. The molecule has 0 radical (unpaired) electrons. The largest absolute Gasteiger partial charge is 0.446 e. The maximum Gasteiger partial charge on any atom is 0.410 e. The Kier molecular flexibility index (Phi) is 11.2. The van der Waals surface area contributed by atoms with Gasteiger partial charge in [-0.05, 0) is 75.8 Å². The third-order valence-corrected chi connectivity index (χ3v) is 13.1. The van der Waals surface area contributed by atoms with E-state index in [-0.39, 0.29) is 58.1 Å². The van der Waals surface area contributed by atoms with Gasteiger partial charge in [0.05, 0.1) is 13.1 Å². The molecule has 5 atom stereocenters. The molecule has 15 nitrogen and oxygen atoms in total. The van der Waals surface area contributed by atoms with E-state index in [0.717, 1.165) is 38.5 Å². The van der Waals surface area contributed by atoms with E-state index in [4.69, 9.17) is 9.47 Å². The summed E-state index contributed by atoms with van der Waals surface area (Å²) in [6.07, 6.45) is 8.88. The number of carbonyl (C=O) groups is 5. The molecule has 3 N–H and O–H groups in total. The van der Waals surface area contributed by atoms with Crippen molar-refractivity contribution in [2.45, 2.75) is 126 Å². The lowest BCUT2D eigenvalue weighted by molar-refractivity contribution is -0.141. The number of alkyl carbamates (subject to hydrolysis) is 1. The molecule has 0 unspecified atom stereocenters. The second-order valence-electron chi connectivity index (χ2n) is 15.4. The highest BCUT2D eigenvalue weighted by atomic mass is 32.2. The second kappa shape index (κ2) is 15.8. The molecule has 5 amide bonds. The number of ether oxygens (including phenoxy) is 2. The topological polar surface area (TPSA) is 184 Å². The number of nitrogens with one attached hydrogen (secondary N) is 3. The van der Waals surface area contributed by atoms with Crippen LogP contribution >= 0.6 is 0 Å². The molecule has 294 valence electrons. The fourth-order valence-corrected chi connectivity index (χ4v) is 9.71. The summed E-state index contributed by atoms with van der Waals surface area (Å²) in [5, 5.41) is 5.55. The molecule has 0 aromatic heterocycles. The summed E-state index contributed by atoms with van der Waals surface area (Å²) in [7, 11) is -4.15. The van der Waals surface area contributed by atoms with Gasteiger partial charge in [-0.25, -0.2) is 18.7 Å². The summed E-state index contributed by atoms with van der Waals surface area (Å²) in [4.78, 5) is 71.6. The number of hydrogen-bond donors (Lipinski definition) is 3. The van der Waals surface area contributed by atoms with E-state index in [2.05, 4.69) is 15.4 Å². The van der Waals surface area contributed by atoms with Gasteiger partial charge in [0.1, 0.15) is 35.6 Å². The summed E-state index contributed by atoms with van der Waals surface area (Å²) in [6, 6.07) is 2.35. The van der Waals surface area contributed by atoms with Gasteiger partial charge in [-0.2, -0.15) is 12.7 Å². The van der Waals surface area contributed by atoms with Crippen molar-refractivity contribution >= 4 is 40.1 Å². The van der Waals surface area contributed by atoms with E-state index in [9.17, 15) is 36.8 Å². The van der Waals surface area contributed by atoms with Gasteiger partial charge in [-0.3, -0.25) is 19.3 Å². The molecule has 1 aromatic rings. The fourth-order valence-electron chi connectivity index (χ4n) is 8.43. The predicted molar refractivity (Wildman–Crippen MR) is 191 cm³/mol. The van der Waals surface area contributed by atoms with Crippen LogP contribution in [-0.2, 0) is 47.2 Å². The van der Waals surface area contributed by atoms with Gasteiger partial charge in [0.15, 0.2) is 0 Å². The lowest BCUT2D eigenvalue weighted by Gasteiger charge is -2.30. The molecule has 1 aromatic carbocycles. The molecule has 0 spiro atoms. The third-order valence-electron chi connectivity index (χ3n) is 11.6. The molecule has 17 heteroatoms. The van der Waals surface area contributed by atoms with Gasteiger partial charge >= 0.3 is 22.4 Å². The number of hydrogen-bond acceptors (Lipinski definition) is 9. The Morgan fingerprint density at radius 1 is 0.926 bits per heavy atom. The average Bonchev–Trinajstić information content (AvgIpc) is 3.78. The fraction of sp³-hybridized carbons (Fsp3) is 0.649. The molecular formula is C37H49FN6O9S. The second-order valence-corrected chi connectivity index (χ2v) is 17.0. The van der Waals surface area contributed by atoms with Crippen molar-refractivity contribution in [1.82, 2.24) is 29.5 Å². The zero-order valence-electron chi connectivity index (χ0n) is 30.3. The van der Waals surface area contributed by atoms with E-state index >= 15 is 0 Å². The zero-order chi connectivity index (χ0) is 38.0. The molecule has 0 bridgehead atoms. The summed E-state index contributed by atoms with van der Waals surface area (Å²) in [5.74, 6) is -3.07. The van der Waals surface area contributed by atoms with Crippen LogP contribution in [0.3, 0.4) is 0 Å². The van der Waals surface area contributed by atoms with Crippen LogP contribution in [0, 0.1) is 11.7 Å². The zero-order valence-corrected chi connectivity index (χ0v) is 31.1. The van der Waals surface area contributed by atoms with E-state index < -0.39 is 75.6 Å². The number of amides is 5. The minimum atomic E-state index is -4.15. The Morgan fingerprint density at radius 3 is 2.44 bits per heavy atom. The summed E-state index contributed by atoms with van der Waals surface area (Å²) in [5.41, 5.74) is -0.537. The molecule has 4 heterocycles. The smallest absolute Gasteiger partial charge is 0.410 e. The Balaban J connectivity index is 1.12. The third kappa shape index (κ3) is 8.21. The lowest BCUT2D eigenvalue weighted by Crippen LogP contribution is -2.59. The minimum Gasteiger partial charge on any atom is -0.446 e. The highest BCUT2D eigenvalue weighted by Crippen LogP contribution is 2.46. The van der Waals surface area contributed by atoms with Crippen LogP contribution in [0.25, 0.3) is 0 Å². The molecule has 2 saturated carbocycles. The van der Waals surface area contributed by atoms with Crippen molar-refractivity contribution in [1.29, 1.82) is 0 Å². The van der Waals surface area contributed by atoms with Crippen LogP contribution in [0.4, 0.5) is 14.0 Å². The SMILES string of the molecule is O=C(N[C@H]1CCCCC/C=C\[C@H]2C[C@@]2(C(=O)NS(=O)(=O)N2CCCC2)NC(=O)[C@@H]2C[C@@H](OC(=O)N3Cc4cccc(F)c4C3)CN2C1=O)OC1CCCC1. The number of carbonyl (C=O) groups excluding carboxylic acids is 5. The number of halogens is 1. The van der Waals surface area contributed by atoms with Crippen molar-refractivity contribution in [3.05, 3.63) is 47.3 Å². The van der Waals surface area contributed by atoms with Crippen molar-refractivity contribution in [3.63, 3.8) is 0 Å². The number of rotatable bonds is 6. The first-order chi connectivity index (χ1) is 25.9. The first kappa shape index (κ1) is 38.0. The summed E-state index contributed by atoms with van der Waals surface area (Å²) < 4.78 is 55.6. The molecule has 4 fully saturated rings. The lowest BCUT2D eigenvalue weighted by atomic mass is 10.0. The number of nitrogens with zero attached hydrogens (tertiary/aromatic N) is 3. The van der Waals surface area contributed by atoms with E-state index in [1.807, 2.05) is 12.2 Å². The van der Waals surface area contributed by atoms with Crippen molar-refractivity contribution in [2.75, 3.05) is 19.6 Å². The van der Waals surface area contributed by atoms with Gasteiger partial charge in [-0.15, -0.1) is 0 Å². The first-order valence-corrected chi connectivity index (χ1v) is 20.7. The van der Waals surface area contributed by atoms with Crippen LogP contribution < -0.4 is 15.4 Å². The highest BCUT2D eigenvalue weighted by molar-refractivity contribution is 7.87. The van der Waals surface area contributed by atoms with Gasteiger partial charge in [0.2, 0.25) is 11.8 Å². The first-order valence-electron chi connectivity index (χ1n) is 19.2. The van der Waals surface area contributed by atoms with Crippen LogP contribution in [0.1, 0.15) is 94.6 Å². The quantitative estimate of drug-likeness (QED) is 0.366. The molecular weight excluding hydrogens is 724 g/mol. The van der Waals surface area contributed by atoms with Gasteiger partial charge in [0.25, 0.3) is 5.91 Å². The van der Waals surface area contributed by atoms with Crippen LogP contribution in [0.15, 0.2) is 30.4 Å². The maximum atomic E-state index is 14.5. The number of benzene rings is 1. The number of allylic oxidation sites excluding steroid dienone is 1. The Hall–Kier alpha value is -4.25. The van der Waals surface area contributed by atoms with Crippen LogP contribution in [-0.4, -0.2) is 102 Å². The van der Waals surface area contributed by atoms with Gasteiger partial charge in [0, 0.05) is 37.5 Å². The van der Waals surface area contributed by atoms with Crippen LogP contribution in [0.5, 0.6) is 0 Å². The Labute approximate surface area is 314 Å². The molecule has 2 aliphatic carbocycles. The Bertz CT molecular complexity index is 1780. The van der Waals surface area contributed by atoms with Gasteiger partial charge in [-0.1, -0.05) is 37.1 Å². The van der Waals surface area contributed by atoms with Gasteiger partial charge < -0.3 is 25.0 Å². The monoisotopic (exact) mass is 772 g/mol. The maximum absolute atomic E-state index is 14.5. The standard InChI is InChI=1S/C37H49FN6O9S/c38-29-15-10-11-24-21-42(23-28(24)29)36(49)53-27-19-31-32(45)40-37(34(47)41-54(50,51)43-17-8-9-18-43)20-25(37)12-4-2-1-3-5-16-30(33(46)44(31)22-27)39-35(48)52-26-13-6-7-14-26/h4,10-12,15,25-27,30-31H,1-3,5-9,13-14,16-23H2,(H,39,48)(H,40,45)(H,41,47)/b12-4-/t25-,27+,30-,31-,37+/m0/s1. The predicted octanol–water partition coefficient (Wildman–Crippen LogP) is 3.14.